The van der Waals surface area contributed by atoms with Crippen LogP contribution in [0.15, 0.2) is 24.4 Å². The maximum Gasteiger partial charge on any atom is 0.131 e. The molecule has 0 aliphatic carbocycles. The van der Waals surface area contributed by atoms with Crippen molar-refractivity contribution in [1.29, 1.82) is 0 Å². The van der Waals surface area contributed by atoms with Gasteiger partial charge in [-0.05, 0) is 30.5 Å². The standard InChI is InChI=1S/C15H20FN3/c1-9(2)15-13(8-19(4)18-15)12-7-11(10(3)17)5-6-14(12)16/h5-10H,17H2,1-4H3. The predicted octanol–water partition coefficient (Wildman–Crippen LogP) is 3.37. The topological polar surface area (TPSA) is 43.8 Å². The van der Waals surface area contributed by atoms with Crippen molar-refractivity contribution < 1.29 is 4.39 Å². The number of hydrogen-bond acceptors (Lipinski definition) is 2. The lowest BCUT2D eigenvalue weighted by molar-refractivity contribution is 0.629. The minimum absolute atomic E-state index is 0.112. The summed E-state index contributed by atoms with van der Waals surface area (Å²) >= 11 is 0. The summed E-state index contributed by atoms with van der Waals surface area (Å²) < 4.78 is 15.8. The molecule has 0 spiro atoms. The quantitative estimate of drug-likeness (QED) is 0.920. The van der Waals surface area contributed by atoms with E-state index in [4.69, 9.17) is 5.73 Å². The molecule has 2 rings (SSSR count). The van der Waals surface area contributed by atoms with E-state index in [9.17, 15) is 4.39 Å². The summed E-state index contributed by atoms with van der Waals surface area (Å²) in [7, 11) is 1.85. The third kappa shape index (κ3) is 2.68. The number of aryl methyl sites for hydroxylation is 1. The third-order valence-corrected chi connectivity index (χ3v) is 3.21. The van der Waals surface area contributed by atoms with Crippen LogP contribution in [0.2, 0.25) is 0 Å². The molecule has 19 heavy (non-hydrogen) atoms. The zero-order chi connectivity index (χ0) is 14.2. The number of nitrogens with zero attached hydrogens (tertiary/aromatic N) is 2. The van der Waals surface area contributed by atoms with Crippen LogP contribution in [0.3, 0.4) is 0 Å². The summed E-state index contributed by atoms with van der Waals surface area (Å²) in [6.07, 6.45) is 1.86. The third-order valence-electron chi connectivity index (χ3n) is 3.21. The second-order valence-corrected chi connectivity index (χ2v) is 5.28. The van der Waals surface area contributed by atoms with Crippen molar-refractivity contribution in [1.82, 2.24) is 9.78 Å². The molecule has 0 radical (unpaired) electrons. The van der Waals surface area contributed by atoms with Gasteiger partial charge < -0.3 is 5.73 Å². The minimum Gasteiger partial charge on any atom is -0.324 e. The molecule has 0 fully saturated rings. The Labute approximate surface area is 113 Å². The van der Waals surface area contributed by atoms with Crippen LogP contribution >= 0.6 is 0 Å². The Balaban J connectivity index is 2.61. The molecule has 0 saturated heterocycles. The Bertz CT molecular complexity index is 585. The SMILES string of the molecule is CC(C)c1nn(C)cc1-c1cc(C(C)N)ccc1F. The molecule has 4 heteroatoms. The zero-order valence-electron chi connectivity index (χ0n) is 11.8. The summed E-state index contributed by atoms with van der Waals surface area (Å²) in [6, 6.07) is 4.92. The average Bonchev–Trinajstić information content (AvgIpc) is 2.71. The molecular weight excluding hydrogens is 241 g/mol. The first-order valence-electron chi connectivity index (χ1n) is 6.49. The Hall–Kier alpha value is -1.68. The highest BCUT2D eigenvalue weighted by atomic mass is 19.1. The predicted molar refractivity (Wildman–Crippen MR) is 75.3 cm³/mol. The molecule has 1 unspecified atom stereocenters. The summed E-state index contributed by atoms with van der Waals surface area (Å²) in [6.45, 7) is 6.00. The van der Waals surface area contributed by atoms with E-state index in [-0.39, 0.29) is 17.8 Å². The van der Waals surface area contributed by atoms with E-state index in [1.807, 2.05) is 26.2 Å². The Morgan fingerprint density at radius 1 is 1.21 bits per heavy atom. The van der Waals surface area contributed by atoms with Crippen molar-refractivity contribution in [3.05, 3.63) is 41.5 Å². The molecule has 1 aromatic carbocycles. The average molecular weight is 261 g/mol. The Morgan fingerprint density at radius 3 is 2.47 bits per heavy atom. The van der Waals surface area contributed by atoms with Crippen molar-refractivity contribution in [2.75, 3.05) is 0 Å². The van der Waals surface area contributed by atoms with Gasteiger partial charge in [-0.2, -0.15) is 5.10 Å². The molecule has 1 aromatic heterocycles. The van der Waals surface area contributed by atoms with Gasteiger partial charge in [0.15, 0.2) is 0 Å². The molecule has 3 nitrogen and oxygen atoms in total. The molecule has 102 valence electrons. The number of benzene rings is 1. The van der Waals surface area contributed by atoms with Crippen molar-refractivity contribution in [3.8, 4) is 11.1 Å². The molecular formula is C15H20FN3. The second-order valence-electron chi connectivity index (χ2n) is 5.28. The van der Waals surface area contributed by atoms with Gasteiger partial charge in [0.2, 0.25) is 0 Å². The molecule has 0 aliphatic heterocycles. The fraction of sp³-hybridized carbons (Fsp3) is 0.400. The van der Waals surface area contributed by atoms with Crippen LogP contribution in [-0.2, 0) is 7.05 Å². The van der Waals surface area contributed by atoms with Gasteiger partial charge in [-0.1, -0.05) is 19.9 Å². The van der Waals surface area contributed by atoms with Gasteiger partial charge in [0.05, 0.1) is 5.69 Å². The van der Waals surface area contributed by atoms with E-state index < -0.39 is 0 Å². The summed E-state index contributed by atoms with van der Waals surface area (Å²) in [5, 5.41) is 4.42. The van der Waals surface area contributed by atoms with Gasteiger partial charge in [0, 0.05) is 30.4 Å². The maximum absolute atomic E-state index is 14.1. The smallest absolute Gasteiger partial charge is 0.131 e. The Morgan fingerprint density at radius 2 is 1.89 bits per heavy atom. The Kier molecular flexibility index (Phi) is 3.71. The van der Waals surface area contributed by atoms with Crippen LogP contribution in [0, 0.1) is 5.82 Å². The van der Waals surface area contributed by atoms with Crippen LogP contribution in [0.4, 0.5) is 4.39 Å². The first kappa shape index (κ1) is 13.7. The van der Waals surface area contributed by atoms with Crippen LogP contribution in [0.25, 0.3) is 11.1 Å². The summed E-state index contributed by atoms with van der Waals surface area (Å²) in [5.74, 6) is 0.00820. The highest BCUT2D eigenvalue weighted by Crippen LogP contribution is 2.31. The normalized spacial score (nSPS) is 13.0. The molecule has 0 saturated carbocycles. The zero-order valence-corrected chi connectivity index (χ0v) is 11.8. The summed E-state index contributed by atoms with van der Waals surface area (Å²) in [4.78, 5) is 0. The molecule has 1 heterocycles. The summed E-state index contributed by atoms with van der Waals surface area (Å²) in [5.41, 5.74) is 9.12. The first-order chi connectivity index (χ1) is 8.90. The number of rotatable bonds is 3. The largest absolute Gasteiger partial charge is 0.324 e. The van der Waals surface area contributed by atoms with E-state index >= 15 is 0 Å². The van der Waals surface area contributed by atoms with Crippen LogP contribution in [-0.4, -0.2) is 9.78 Å². The lowest BCUT2D eigenvalue weighted by Crippen LogP contribution is -2.05. The minimum atomic E-state index is -0.237. The molecule has 2 N–H and O–H groups in total. The lowest BCUT2D eigenvalue weighted by Gasteiger charge is -2.10. The van der Waals surface area contributed by atoms with E-state index in [2.05, 4.69) is 18.9 Å². The molecule has 2 aromatic rings. The van der Waals surface area contributed by atoms with Crippen molar-refractivity contribution in [2.45, 2.75) is 32.7 Å². The molecule has 0 aliphatic rings. The number of nitrogens with two attached hydrogens (primary N) is 1. The van der Waals surface area contributed by atoms with Crippen molar-refractivity contribution >= 4 is 0 Å². The van der Waals surface area contributed by atoms with E-state index in [0.29, 0.717) is 5.56 Å². The van der Waals surface area contributed by atoms with Crippen molar-refractivity contribution in [3.63, 3.8) is 0 Å². The van der Waals surface area contributed by atoms with Gasteiger partial charge in [-0.3, -0.25) is 4.68 Å². The van der Waals surface area contributed by atoms with Crippen LogP contribution in [0.5, 0.6) is 0 Å². The van der Waals surface area contributed by atoms with Crippen LogP contribution < -0.4 is 5.73 Å². The van der Waals surface area contributed by atoms with Gasteiger partial charge in [0.1, 0.15) is 5.82 Å². The highest BCUT2D eigenvalue weighted by Gasteiger charge is 2.17. The maximum atomic E-state index is 14.1. The van der Waals surface area contributed by atoms with Gasteiger partial charge in [-0.25, -0.2) is 4.39 Å². The van der Waals surface area contributed by atoms with Crippen molar-refractivity contribution in [2.24, 2.45) is 12.8 Å². The molecule has 1 atom stereocenters. The van der Waals surface area contributed by atoms with E-state index in [1.165, 1.54) is 6.07 Å². The highest BCUT2D eigenvalue weighted by molar-refractivity contribution is 5.67. The van der Waals surface area contributed by atoms with Crippen LogP contribution in [0.1, 0.15) is 44.0 Å². The number of halogens is 1. The fourth-order valence-corrected chi connectivity index (χ4v) is 2.17. The van der Waals surface area contributed by atoms with E-state index in [0.717, 1.165) is 16.8 Å². The number of aromatic nitrogens is 2. The monoisotopic (exact) mass is 261 g/mol. The van der Waals surface area contributed by atoms with Gasteiger partial charge in [0.25, 0.3) is 0 Å². The fourth-order valence-electron chi connectivity index (χ4n) is 2.17. The van der Waals surface area contributed by atoms with Gasteiger partial charge in [-0.15, -0.1) is 0 Å². The number of hydrogen-bond donors (Lipinski definition) is 1. The first-order valence-corrected chi connectivity index (χ1v) is 6.49. The lowest BCUT2D eigenvalue weighted by atomic mass is 9.97. The molecule has 0 amide bonds. The van der Waals surface area contributed by atoms with E-state index in [1.54, 1.807) is 10.7 Å². The second kappa shape index (κ2) is 5.13. The molecule has 0 bridgehead atoms. The van der Waals surface area contributed by atoms with Gasteiger partial charge >= 0.3 is 0 Å².